The average Bonchev–Trinajstić information content (AvgIpc) is 2.25. The fraction of sp³-hybridized carbons (Fsp3) is 0.818. The predicted octanol–water partition coefficient (Wildman–Crippen LogP) is 1.90. The van der Waals surface area contributed by atoms with E-state index in [2.05, 4.69) is 50.6 Å². The number of nitriles is 1. The first-order valence-electron chi connectivity index (χ1n) is 5.80. The Hall–Kier alpha value is -0.550. The molecule has 5 nitrogen and oxygen atoms in total. The highest BCUT2D eigenvalue weighted by molar-refractivity contribution is 14.1. The van der Waals surface area contributed by atoms with Gasteiger partial charge >= 0.3 is 0 Å². The Labute approximate surface area is 118 Å². The van der Waals surface area contributed by atoms with Crippen LogP contribution < -0.4 is 14.6 Å². The lowest BCUT2D eigenvalue weighted by atomic mass is 9.83. The van der Waals surface area contributed by atoms with Gasteiger partial charge in [-0.15, -0.1) is 0 Å². The molecule has 0 aliphatic rings. The Balaban J connectivity index is 3.72. The van der Waals surface area contributed by atoms with Gasteiger partial charge in [-0.25, -0.2) is 0 Å². The molecule has 4 N–H and O–H groups in total. The van der Waals surface area contributed by atoms with E-state index in [0.717, 1.165) is 19.4 Å². The number of nitrogens with two attached hydrogens (primary N) is 1. The smallest absolute Gasteiger partial charge is 0.202 e. The highest BCUT2D eigenvalue weighted by Gasteiger charge is 2.16. The molecule has 0 fully saturated rings. The number of hydrogen-bond acceptors (Lipinski definition) is 3. The molecule has 0 saturated carbocycles. The van der Waals surface area contributed by atoms with Crippen molar-refractivity contribution in [3.63, 3.8) is 0 Å². The molecular formula is C11H22IN5. The SMILES string of the molecule is CC(C)(CCCN=C(N)NC#N)CCCNI. The third kappa shape index (κ3) is 10.3. The molecule has 0 amide bonds. The number of guanidine groups is 1. The Kier molecular flexibility index (Phi) is 9.17. The largest absolute Gasteiger partial charge is 0.369 e. The van der Waals surface area contributed by atoms with Crippen LogP contribution in [0.15, 0.2) is 4.99 Å². The standard InChI is InChI=1S/C11H22IN5/c1-11(2,6-4-8-17-12)5-3-7-15-10(14)16-9-13/h17H,3-8H2,1-2H3,(H3,14,15,16). The van der Waals surface area contributed by atoms with Crippen LogP contribution in [-0.2, 0) is 0 Å². The van der Waals surface area contributed by atoms with Gasteiger partial charge < -0.3 is 5.73 Å². The molecule has 98 valence electrons. The van der Waals surface area contributed by atoms with Crippen LogP contribution in [0.25, 0.3) is 0 Å². The van der Waals surface area contributed by atoms with Crippen molar-refractivity contribution in [1.82, 2.24) is 8.85 Å². The van der Waals surface area contributed by atoms with E-state index >= 15 is 0 Å². The van der Waals surface area contributed by atoms with E-state index in [1.54, 1.807) is 6.19 Å². The summed E-state index contributed by atoms with van der Waals surface area (Å²) in [5.41, 5.74) is 5.79. The summed E-state index contributed by atoms with van der Waals surface area (Å²) in [6.45, 7) is 6.29. The van der Waals surface area contributed by atoms with Gasteiger partial charge in [-0.2, -0.15) is 5.26 Å². The van der Waals surface area contributed by atoms with E-state index < -0.39 is 0 Å². The van der Waals surface area contributed by atoms with Gasteiger partial charge in [0.05, 0.1) is 0 Å². The summed E-state index contributed by atoms with van der Waals surface area (Å²) in [7, 11) is 0. The zero-order valence-corrected chi connectivity index (χ0v) is 12.7. The molecule has 0 unspecified atom stereocenters. The molecule has 0 bridgehead atoms. The molecule has 6 heteroatoms. The summed E-state index contributed by atoms with van der Waals surface area (Å²) in [4.78, 5) is 4.06. The average molecular weight is 351 g/mol. The van der Waals surface area contributed by atoms with Gasteiger partial charge in [0.1, 0.15) is 0 Å². The first-order chi connectivity index (χ1) is 8.02. The molecule has 0 aromatic heterocycles. The molecule has 0 rings (SSSR count). The Morgan fingerprint density at radius 2 is 2.06 bits per heavy atom. The van der Waals surface area contributed by atoms with Crippen LogP contribution in [0.5, 0.6) is 0 Å². The van der Waals surface area contributed by atoms with Crippen LogP contribution in [0.2, 0.25) is 0 Å². The van der Waals surface area contributed by atoms with E-state index in [1.807, 2.05) is 0 Å². The van der Waals surface area contributed by atoms with Gasteiger partial charge in [0, 0.05) is 36.0 Å². The number of hydrogen-bond donors (Lipinski definition) is 3. The van der Waals surface area contributed by atoms with Gasteiger partial charge in [-0.1, -0.05) is 13.8 Å². The molecule has 0 heterocycles. The van der Waals surface area contributed by atoms with Crippen molar-refractivity contribution in [2.45, 2.75) is 39.5 Å². The summed E-state index contributed by atoms with van der Waals surface area (Å²) in [5.74, 6) is 0.208. The van der Waals surface area contributed by atoms with Gasteiger partial charge in [0.15, 0.2) is 6.19 Å². The second-order valence-electron chi connectivity index (χ2n) is 4.76. The highest BCUT2D eigenvalue weighted by Crippen LogP contribution is 2.27. The van der Waals surface area contributed by atoms with Gasteiger partial charge in [-0.3, -0.25) is 13.8 Å². The quantitative estimate of drug-likeness (QED) is 0.119. The zero-order chi connectivity index (χ0) is 13.1. The van der Waals surface area contributed by atoms with Crippen molar-refractivity contribution < 1.29 is 0 Å². The van der Waals surface area contributed by atoms with Crippen LogP contribution in [0.1, 0.15) is 39.5 Å². The maximum Gasteiger partial charge on any atom is 0.202 e. The predicted molar refractivity (Wildman–Crippen MR) is 79.5 cm³/mol. The van der Waals surface area contributed by atoms with Crippen molar-refractivity contribution in [2.75, 3.05) is 13.1 Å². The molecule has 0 spiro atoms. The van der Waals surface area contributed by atoms with Crippen LogP contribution in [-0.4, -0.2) is 19.0 Å². The highest BCUT2D eigenvalue weighted by atomic mass is 127. The van der Waals surface area contributed by atoms with Gasteiger partial charge in [-0.05, 0) is 31.1 Å². The third-order valence-corrected chi connectivity index (χ3v) is 3.14. The maximum absolute atomic E-state index is 8.31. The van der Waals surface area contributed by atoms with Gasteiger partial charge in [0.25, 0.3) is 0 Å². The molecule has 17 heavy (non-hydrogen) atoms. The Bertz CT molecular complexity index is 270. The maximum atomic E-state index is 8.31. The summed E-state index contributed by atoms with van der Waals surface area (Å²) >= 11 is 2.17. The van der Waals surface area contributed by atoms with Crippen LogP contribution in [0.3, 0.4) is 0 Å². The fourth-order valence-electron chi connectivity index (χ4n) is 1.61. The lowest BCUT2D eigenvalue weighted by molar-refractivity contribution is 0.294. The third-order valence-electron chi connectivity index (χ3n) is 2.60. The van der Waals surface area contributed by atoms with Crippen LogP contribution >= 0.6 is 22.9 Å². The Morgan fingerprint density at radius 1 is 1.41 bits per heavy atom. The van der Waals surface area contributed by atoms with E-state index in [1.165, 1.54) is 12.8 Å². The summed E-state index contributed by atoms with van der Waals surface area (Å²) in [6, 6.07) is 0. The van der Waals surface area contributed by atoms with Crippen LogP contribution in [0, 0.1) is 16.9 Å². The summed E-state index contributed by atoms with van der Waals surface area (Å²) < 4.78 is 3.13. The van der Waals surface area contributed by atoms with Crippen molar-refractivity contribution in [3.05, 3.63) is 0 Å². The number of nitrogens with zero attached hydrogens (tertiary/aromatic N) is 2. The molecule has 0 aliphatic carbocycles. The topological polar surface area (TPSA) is 86.2 Å². The van der Waals surface area contributed by atoms with E-state index in [4.69, 9.17) is 11.0 Å². The lowest BCUT2D eigenvalue weighted by Crippen LogP contribution is -2.27. The number of rotatable bonds is 8. The minimum absolute atomic E-state index is 0.208. The van der Waals surface area contributed by atoms with Crippen molar-refractivity contribution in [1.29, 1.82) is 5.26 Å². The molecule has 0 atom stereocenters. The van der Waals surface area contributed by atoms with Crippen molar-refractivity contribution in [2.24, 2.45) is 16.1 Å². The van der Waals surface area contributed by atoms with E-state index in [-0.39, 0.29) is 5.96 Å². The first kappa shape index (κ1) is 16.4. The molecule has 0 aromatic rings. The molecule has 0 saturated heterocycles. The fourth-order valence-corrected chi connectivity index (χ4v) is 1.99. The second kappa shape index (κ2) is 9.48. The van der Waals surface area contributed by atoms with Crippen molar-refractivity contribution in [3.8, 4) is 6.19 Å². The number of halogens is 1. The van der Waals surface area contributed by atoms with Gasteiger partial charge in [0.2, 0.25) is 5.96 Å². The Morgan fingerprint density at radius 3 is 2.65 bits per heavy atom. The molecule has 0 aliphatic heterocycles. The minimum atomic E-state index is 0.208. The van der Waals surface area contributed by atoms with E-state index in [9.17, 15) is 0 Å². The molecular weight excluding hydrogens is 329 g/mol. The zero-order valence-electron chi connectivity index (χ0n) is 10.6. The summed E-state index contributed by atoms with van der Waals surface area (Å²) in [5, 5.41) is 10.6. The summed E-state index contributed by atoms with van der Waals surface area (Å²) in [6.07, 6.45) is 6.27. The minimum Gasteiger partial charge on any atom is -0.369 e. The van der Waals surface area contributed by atoms with E-state index in [0.29, 0.717) is 12.0 Å². The second-order valence-corrected chi connectivity index (χ2v) is 5.52. The molecule has 0 radical (unpaired) electrons. The van der Waals surface area contributed by atoms with Crippen molar-refractivity contribution >= 4 is 28.8 Å². The first-order valence-corrected chi connectivity index (χ1v) is 6.88. The molecule has 0 aromatic carbocycles. The lowest BCUT2D eigenvalue weighted by Gasteiger charge is -2.24. The normalized spacial score (nSPS) is 12.2. The van der Waals surface area contributed by atoms with Crippen LogP contribution in [0.4, 0.5) is 0 Å². The monoisotopic (exact) mass is 351 g/mol. The number of aliphatic imine (C=N–C) groups is 1. The number of nitrogens with one attached hydrogen (secondary N) is 2.